The number of benzene rings is 1. The Hall–Kier alpha value is -0.860. The first-order chi connectivity index (χ1) is 11.2. The highest BCUT2D eigenvalue weighted by atomic mass is 127. The van der Waals surface area contributed by atoms with Crippen molar-refractivity contribution in [3.63, 3.8) is 0 Å². The second-order valence-corrected chi connectivity index (χ2v) is 8.68. The number of fused-ring (bicyclic) bond motifs is 3. The van der Waals surface area contributed by atoms with Gasteiger partial charge in [0.2, 0.25) is 0 Å². The summed E-state index contributed by atoms with van der Waals surface area (Å²) in [5.41, 5.74) is 2.55. The number of hydrogen-bond donors (Lipinski definition) is 1. The summed E-state index contributed by atoms with van der Waals surface area (Å²) in [5, 5.41) is 5.60. The number of nitrogens with zero attached hydrogens (tertiary/aromatic N) is 2. The first-order valence-electron chi connectivity index (χ1n) is 7.63. The monoisotopic (exact) mass is 453 g/mol. The van der Waals surface area contributed by atoms with Gasteiger partial charge in [0.25, 0.3) is 0 Å². The second kappa shape index (κ2) is 6.57. The van der Waals surface area contributed by atoms with Gasteiger partial charge in [0.05, 0.1) is 5.39 Å². The summed E-state index contributed by atoms with van der Waals surface area (Å²) < 4.78 is 1.23. The number of thiophene rings is 1. The van der Waals surface area contributed by atoms with Crippen molar-refractivity contribution in [3.8, 4) is 0 Å². The van der Waals surface area contributed by atoms with Crippen LogP contribution in [-0.2, 0) is 12.8 Å². The molecule has 3 nitrogen and oxygen atoms in total. The first-order valence-corrected chi connectivity index (χ1v) is 10.8. The van der Waals surface area contributed by atoms with Gasteiger partial charge < -0.3 is 5.32 Å². The standard InChI is InChI=1S/C17H16IN3S2/c1-22-17-20-15(19-11-8-6-10(18)7-9-11)14-12-4-2-3-5-13(12)23-16(14)21-17/h6-9H,2-5H2,1H3,(H,19,20,21). The normalized spacial score (nSPS) is 14.0. The molecule has 0 radical (unpaired) electrons. The van der Waals surface area contributed by atoms with Crippen LogP contribution in [0.1, 0.15) is 23.3 Å². The minimum absolute atomic E-state index is 0.837. The van der Waals surface area contributed by atoms with E-state index in [0.717, 1.165) is 27.9 Å². The lowest BCUT2D eigenvalue weighted by molar-refractivity contribution is 0.700. The SMILES string of the molecule is CSc1nc(Nc2ccc(I)cc2)c2c3c(sc2n1)CCCC3. The molecular weight excluding hydrogens is 437 g/mol. The Bertz CT molecular complexity index is 858. The van der Waals surface area contributed by atoms with Crippen molar-refractivity contribution in [2.75, 3.05) is 11.6 Å². The smallest absolute Gasteiger partial charge is 0.190 e. The third-order valence-electron chi connectivity index (χ3n) is 4.08. The van der Waals surface area contributed by atoms with Crippen molar-refractivity contribution in [2.45, 2.75) is 30.8 Å². The average Bonchev–Trinajstić information content (AvgIpc) is 2.95. The molecule has 1 aliphatic carbocycles. The Morgan fingerprint density at radius 3 is 2.70 bits per heavy atom. The van der Waals surface area contributed by atoms with Crippen LogP contribution in [0.25, 0.3) is 10.2 Å². The molecule has 4 rings (SSSR count). The quantitative estimate of drug-likeness (QED) is 0.317. The number of rotatable bonds is 3. The van der Waals surface area contributed by atoms with E-state index in [2.05, 4.69) is 52.2 Å². The Balaban J connectivity index is 1.85. The number of nitrogens with one attached hydrogen (secondary N) is 1. The fourth-order valence-corrected chi connectivity index (χ4v) is 5.03. The summed E-state index contributed by atoms with van der Waals surface area (Å²) in [7, 11) is 0. The molecule has 6 heteroatoms. The molecule has 0 unspecified atom stereocenters. The van der Waals surface area contributed by atoms with E-state index in [1.165, 1.54) is 38.7 Å². The number of thioether (sulfide) groups is 1. The third-order valence-corrected chi connectivity index (χ3v) is 6.54. The maximum Gasteiger partial charge on any atom is 0.190 e. The van der Waals surface area contributed by atoms with E-state index >= 15 is 0 Å². The molecule has 0 fully saturated rings. The summed E-state index contributed by atoms with van der Waals surface area (Å²) in [4.78, 5) is 12.1. The maximum atomic E-state index is 4.76. The van der Waals surface area contributed by atoms with Crippen molar-refractivity contribution in [3.05, 3.63) is 38.3 Å². The molecule has 0 saturated heterocycles. The molecule has 0 spiro atoms. The second-order valence-electron chi connectivity index (χ2n) is 5.58. The van der Waals surface area contributed by atoms with Crippen LogP contribution >= 0.6 is 45.7 Å². The lowest BCUT2D eigenvalue weighted by atomic mass is 9.97. The zero-order valence-electron chi connectivity index (χ0n) is 12.7. The molecule has 0 atom stereocenters. The van der Waals surface area contributed by atoms with Gasteiger partial charge >= 0.3 is 0 Å². The summed E-state index contributed by atoms with van der Waals surface area (Å²) in [6, 6.07) is 8.43. The number of anilines is 2. The van der Waals surface area contributed by atoms with Crippen LogP contribution in [-0.4, -0.2) is 16.2 Å². The third kappa shape index (κ3) is 3.08. The molecule has 23 heavy (non-hydrogen) atoms. The van der Waals surface area contributed by atoms with E-state index in [1.807, 2.05) is 17.6 Å². The highest BCUT2D eigenvalue weighted by Gasteiger charge is 2.21. The molecule has 0 amide bonds. The van der Waals surface area contributed by atoms with E-state index in [1.54, 1.807) is 11.8 Å². The first kappa shape index (κ1) is 15.7. The van der Waals surface area contributed by atoms with Gasteiger partial charge in [-0.15, -0.1) is 11.3 Å². The number of aromatic nitrogens is 2. The fourth-order valence-electron chi connectivity index (χ4n) is 2.99. The van der Waals surface area contributed by atoms with Gasteiger partial charge in [0.15, 0.2) is 5.16 Å². The van der Waals surface area contributed by atoms with Crippen LogP contribution in [0.2, 0.25) is 0 Å². The molecule has 2 aromatic heterocycles. The van der Waals surface area contributed by atoms with Crippen molar-refractivity contribution in [1.82, 2.24) is 9.97 Å². The largest absolute Gasteiger partial charge is 0.340 e. The molecular formula is C17H16IN3S2. The van der Waals surface area contributed by atoms with Gasteiger partial charge in [-0.2, -0.15) is 0 Å². The van der Waals surface area contributed by atoms with Crippen LogP contribution in [0.15, 0.2) is 29.4 Å². The summed E-state index contributed by atoms with van der Waals surface area (Å²) in [6.07, 6.45) is 6.94. The number of aryl methyl sites for hydroxylation is 2. The fraction of sp³-hybridized carbons (Fsp3) is 0.294. The highest BCUT2D eigenvalue weighted by Crippen LogP contribution is 2.40. The number of hydrogen-bond acceptors (Lipinski definition) is 5. The van der Waals surface area contributed by atoms with Crippen molar-refractivity contribution >= 4 is 67.4 Å². The van der Waals surface area contributed by atoms with Gasteiger partial charge in [-0.1, -0.05) is 11.8 Å². The predicted molar refractivity (Wildman–Crippen MR) is 108 cm³/mol. The minimum Gasteiger partial charge on any atom is -0.340 e. The van der Waals surface area contributed by atoms with E-state index in [4.69, 9.17) is 9.97 Å². The Morgan fingerprint density at radius 2 is 1.91 bits per heavy atom. The van der Waals surface area contributed by atoms with E-state index in [9.17, 15) is 0 Å². The van der Waals surface area contributed by atoms with E-state index in [-0.39, 0.29) is 0 Å². The van der Waals surface area contributed by atoms with Crippen molar-refractivity contribution in [2.24, 2.45) is 0 Å². The maximum absolute atomic E-state index is 4.76. The molecule has 1 aliphatic rings. The average molecular weight is 453 g/mol. The zero-order valence-corrected chi connectivity index (χ0v) is 16.5. The molecule has 1 N–H and O–H groups in total. The van der Waals surface area contributed by atoms with Gasteiger partial charge in [0, 0.05) is 14.1 Å². The van der Waals surface area contributed by atoms with E-state index in [0.29, 0.717) is 0 Å². The number of halogens is 1. The summed E-state index contributed by atoms with van der Waals surface area (Å²) in [5.74, 6) is 0.958. The van der Waals surface area contributed by atoms with Gasteiger partial charge in [0.1, 0.15) is 10.6 Å². The lowest BCUT2D eigenvalue weighted by Gasteiger charge is -2.13. The minimum atomic E-state index is 0.837. The Labute approximate surface area is 157 Å². The van der Waals surface area contributed by atoms with Crippen molar-refractivity contribution < 1.29 is 0 Å². The molecule has 2 heterocycles. The predicted octanol–water partition coefficient (Wildman–Crippen LogP) is 5.64. The van der Waals surface area contributed by atoms with Crippen LogP contribution in [0, 0.1) is 3.57 Å². The van der Waals surface area contributed by atoms with Crippen LogP contribution in [0.5, 0.6) is 0 Å². The molecule has 0 bridgehead atoms. The van der Waals surface area contributed by atoms with Crippen LogP contribution in [0.3, 0.4) is 0 Å². The van der Waals surface area contributed by atoms with Crippen molar-refractivity contribution in [1.29, 1.82) is 0 Å². The Morgan fingerprint density at radius 1 is 1.13 bits per heavy atom. The van der Waals surface area contributed by atoms with Crippen LogP contribution < -0.4 is 5.32 Å². The lowest BCUT2D eigenvalue weighted by Crippen LogP contribution is -2.02. The molecule has 1 aromatic carbocycles. The molecule has 0 saturated carbocycles. The summed E-state index contributed by atoms with van der Waals surface area (Å²) in [6.45, 7) is 0. The van der Waals surface area contributed by atoms with Gasteiger partial charge in [-0.25, -0.2) is 9.97 Å². The molecule has 118 valence electrons. The topological polar surface area (TPSA) is 37.8 Å². The van der Waals surface area contributed by atoms with Gasteiger partial charge in [-0.3, -0.25) is 0 Å². The van der Waals surface area contributed by atoms with E-state index < -0.39 is 0 Å². The molecule has 3 aromatic rings. The zero-order chi connectivity index (χ0) is 15.8. The Kier molecular flexibility index (Phi) is 4.47. The van der Waals surface area contributed by atoms with Crippen LogP contribution in [0.4, 0.5) is 11.5 Å². The summed E-state index contributed by atoms with van der Waals surface area (Å²) >= 11 is 5.78. The highest BCUT2D eigenvalue weighted by molar-refractivity contribution is 14.1. The van der Waals surface area contributed by atoms with Gasteiger partial charge in [-0.05, 0) is 84.4 Å². The molecule has 0 aliphatic heterocycles.